The van der Waals surface area contributed by atoms with Gasteiger partial charge in [0.2, 0.25) is 0 Å². The summed E-state index contributed by atoms with van der Waals surface area (Å²) < 4.78 is 42.6. The molecule has 0 aliphatic rings. The molecule has 0 atom stereocenters. The first-order valence-corrected chi connectivity index (χ1v) is 5.78. The Bertz CT molecular complexity index is 460. The van der Waals surface area contributed by atoms with Crippen LogP contribution >= 0.6 is 15.9 Å². The van der Waals surface area contributed by atoms with Gasteiger partial charge in [-0.2, -0.15) is 13.2 Å². The van der Waals surface area contributed by atoms with Gasteiger partial charge in [-0.3, -0.25) is 4.79 Å². The molecular weight excluding hydrogens is 315 g/mol. The highest BCUT2D eigenvalue weighted by molar-refractivity contribution is 9.10. The van der Waals surface area contributed by atoms with Crippen molar-refractivity contribution in [3.05, 3.63) is 27.7 Å². The lowest BCUT2D eigenvalue weighted by molar-refractivity contribution is -0.137. The summed E-state index contributed by atoms with van der Waals surface area (Å²) in [5.41, 5.74) is 4.45. The highest BCUT2D eigenvalue weighted by Crippen LogP contribution is 2.37. The first kappa shape index (κ1) is 15.0. The first-order chi connectivity index (χ1) is 8.31. The summed E-state index contributed by atoms with van der Waals surface area (Å²) in [5.74, 6) is -0.481. The fourth-order valence-electron chi connectivity index (χ4n) is 1.43. The molecule has 1 aromatic carbocycles. The number of rotatable bonds is 4. The Labute approximate surface area is 110 Å². The van der Waals surface area contributed by atoms with E-state index in [9.17, 15) is 18.0 Å². The lowest BCUT2D eigenvalue weighted by Crippen LogP contribution is -2.12. The molecule has 0 saturated heterocycles. The normalized spacial score (nSPS) is 11.4. The first-order valence-electron chi connectivity index (χ1n) is 4.99. The van der Waals surface area contributed by atoms with Crippen LogP contribution in [-0.4, -0.2) is 19.4 Å². The average molecular weight is 326 g/mol. The number of ether oxygens (including phenoxy) is 1. The lowest BCUT2D eigenvalue weighted by Gasteiger charge is -2.14. The van der Waals surface area contributed by atoms with Crippen LogP contribution in [0, 0.1) is 0 Å². The summed E-state index contributed by atoms with van der Waals surface area (Å²) in [6, 6.07) is 1.65. The Kier molecular flexibility index (Phi) is 4.75. The summed E-state index contributed by atoms with van der Waals surface area (Å²) in [4.78, 5) is 11.7. The van der Waals surface area contributed by atoms with Crippen LogP contribution < -0.4 is 10.5 Å². The predicted octanol–water partition coefficient (Wildman–Crippen LogP) is 3.01. The van der Waals surface area contributed by atoms with Crippen molar-refractivity contribution in [1.82, 2.24) is 0 Å². The zero-order valence-corrected chi connectivity index (χ0v) is 11.1. The second-order valence-corrected chi connectivity index (χ2v) is 4.35. The largest absolute Gasteiger partial charge is 0.496 e. The van der Waals surface area contributed by atoms with Crippen molar-refractivity contribution in [2.45, 2.75) is 12.6 Å². The molecule has 1 rings (SSSR count). The van der Waals surface area contributed by atoms with E-state index in [0.29, 0.717) is 0 Å². The second-order valence-electron chi connectivity index (χ2n) is 3.49. The van der Waals surface area contributed by atoms with Gasteiger partial charge >= 0.3 is 6.18 Å². The number of nitrogens with two attached hydrogens (primary N) is 1. The fraction of sp³-hybridized carbons (Fsp3) is 0.364. The van der Waals surface area contributed by atoms with Crippen molar-refractivity contribution >= 4 is 21.7 Å². The van der Waals surface area contributed by atoms with Crippen molar-refractivity contribution in [2.75, 3.05) is 13.7 Å². The van der Waals surface area contributed by atoms with Crippen LogP contribution in [0.4, 0.5) is 13.2 Å². The number of halogens is 4. The Balaban J connectivity index is 3.33. The van der Waals surface area contributed by atoms with Crippen LogP contribution in [0.3, 0.4) is 0 Å². The fourth-order valence-corrected chi connectivity index (χ4v) is 2.10. The molecule has 7 heteroatoms. The van der Waals surface area contributed by atoms with E-state index < -0.39 is 11.7 Å². The van der Waals surface area contributed by atoms with Crippen molar-refractivity contribution in [3.8, 4) is 5.75 Å². The van der Waals surface area contributed by atoms with E-state index in [1.165, 1.54) is 7.11 Å². The molecule has 0 amide bonds. The van der Waals surface area contributed by atoms with Crippen LogP contribution in [0.15, 0.2) is 16.6 Å². The molecule has 0 saturated carbocycles. The minimum atomic E-state index is -4.49. The van der Waals surface area contributed by atoms with Crippen LogP contribution in [0.25, 0.3) is 0 Å². The SMILES string of the molecule is COc1cc(C(F)(F)F)cc(Br)c1C(=O)CCN. The number of benzene rings is 1. The maximum absolute atomic E-state index is 12.6. The number of hydrogen-bond acceptors (Lipinski definition) is 3. The third-order valence-electron chi connectivity index (χ3n) is 2.25. The maximum Gasteiger partial charge on any atom is 0.416 e. The van der Waals surface area contributed by atoms with Crippen LogP contribution in [0.1, 0.15) is 22.3 Å². The summed E-state index contributed by atoms with van der Waals surface area (Å²) in [7, 11) is 1.21. The monoisotopic (exact) mass is 325 g/mol. The molecule has 18 heavy (non-hydrogen) atoms. The second kappa shape index (κ2) is 5.71. The molecule has 0 spiro atoms. The van der Waals surface area contributed by atoms with Gasteiger partial charge in [0, 0.05) is 10.9 Å². The molecule has 0 unspecified atom stereocenters. The van der Waals surface area contributed by atoms with Gasteiger partial charge in [0.1, 0.15) is 5.75 Å². The van der Waals surface area contributed by atoms with Crippen LogP contribution in [0.2, 0.25) is 0 Å². The summed E-state index contributed by atoms with van der Waals surface area (Å²) in [6.07, 6.45) is -4.45. The van der Waals surface area contributed by atoms with Crippen molar-refractivity contribution in [3.63, 3.8) is 0 Å². The minimum absolute atomic E-state index is 0.0420. The van der Waals surface area contributed by atoms with E-state index in [2.05, 4.69) is 15.9 Å². The van der Waals surface area contributed by atoms with E-state index in [0.717, 1.165) is 12.1 Å². The molecule has 2 N–H and O–H groups in total. The average Bonchev–Trinajstić information content (AvgIpc) is 2.26. The Morgan fingerprint density at radius 1 is 1.44 bits per heavy atom. The Morgan fingerprint density at radius 3 is 2.50 bits per heavy atom. The number of Topliss-reactive ketones (excluding diaryl/α,β-unsaturated/α-hetero) is 1. The summed E-state index contributed by atoms with van der Waals surface area (Å²) >= 11 is 2.96. The standard InChI is InChI=1S/C11H11BrF3NO2/c1-18-9-5-6(11(13,14)15)4-7(12)10(9)8(17)2-3-16/h4-5H,2-3,16H2,1H3. The molecule has 0 aromatic heterocycles. The molecule has 1 aromatic rings. The van der Waals surface area contributed by atoms with Gasteiger partial charge in [-0.1, -0.05) is 0 Å². The lowest BCUT2D eigenvalue weighted by atomic mass is 10.0. The van der Waals surface area contributed by atoms with Gasteiger partial charge < -0.3 is 10.5 Å². The van der Waals surface area contributed by atoms with Gasteiger partial charge in [-0.15, -0.1) is 0 Å². The molecule has 100 valence electrons. The third kappa shape index (κ3) is 3.23. The number of carbonyl (C=O) groups excluding carboxylic acids is 1. The number of methoxy groups -OCH3 is 1. The van der Waals surface area contributed by atoms with Gasteiger partial charge in [0.05, 0.1) is 18.2 Å². The van der Waals surface area contributed by atoms with Crippen molar-refractivity contribution < 1.29 is 22.7 Å². The minimum Gasteiger partial charge on any atom is -0.496 e. The predicted molar refractivity (Wildman–Crippen MR) is 63.7 cm³/mol. The summed E-state index contributed by atoms with van der Waals surface area (Å²) in [6.45, 7) is 0.120. The quantitative estimate of drug-likeness (QED) is 0.866. The van der Waals surface area contributed by atoms with Gasteiger partial charge in [0.15, 0.2) is 5.78 Å². The van der Waals surface area contributed by atoms with Crippen molar-refractivity contribution in [2.24, 2.45) is 5.73 Å². The number of ketones is 1. The molecular formula is C11H11BrF3NO2. The van der Waals surface area contributed by atoms with Crippen LogP contribution in [-0.2, 0) is 6.18 Å². The zero-order chi connectivity index (χ0) is 13.9. The molecule has 0 aliphatic carbocycles. The molecule has 0 fully saturated rings. The van der Waals surface area contributed by atoms with Crippen LogP contribution in [0.5, 0.6) is 5.75 Å². The smallest absolute Gasteiger partial charge is 0.416 e. The molecule has 0 aliphatic heterocycles. The Hall–Kier alpha value is -1.08. The topological polar surface area (TPSA) is 52.3 Å². The molecule has 0 radical (unpaired) electrons. The van der Waals surface area contributed by atoms with Gasteiger partial charge in [-0.25, -0.2) is 0 Å². The van der Waals surface area contributed by atoms with E-state index in [1.807, 2.05) is 0 Å². The van der Waals surface area contributed by atoms with E-state index in [4.69, 9.17) is 10.5 Å². The van der Waals surface area contributed by atoms with E-state index in [1.54, 1.807) is 0 Å². The van der Waals surface area contributed by atoms with E-state index in [-0.39, 0.29) is 34.5 Å². The molecule has 3 nitrogen and oxygen atoms in total. The van der Waals surface area contributed by atoms with Gasteiger partial charge in [-0.05, 0) is 34.6 Å². The molecule has 0 heterocycles. The Morgan fingerprint density at radius 2 is 2.06 bits per heavy atom. The number of alkyl halides is 3. The number of carbonyl (C=O) groups is 1. The van der Waals surface area contributed by atoms with Gasteiger partial charge in [0.25, 0.3) is 0 Å². The maximum atomic E-state index is 12.6. The van der Waals surface area contributed by atoms with E-state index >= 15 is 0 Å². The number of hydrogen-bond donors (Lipinski definition) is 1. The van der Waals surface area contributed by atoms with Crippen molar-refractivity contribution in [1.29, 1.82) is 0 Å². The third-order valence-corrected chi connectivity index (χ3v) is 2.88. The molecule has 0 bridgehead atoms. The highest BCUT2D eigenvalue weighted by Gasteiger charge is 2.33. The zero-order valence-electron chi connectivity index (χ0n) is 9.47. The summed E-state index contributed by atoms with van der Waals surface area (Å²) in [5, 5.41) is 0. The highest BCUT2D eigenvalue weighted by atomic mass is 79.9.